The van der Waals surface area contributed by atoms with Crippen molar-refractivity contribution in [3.8, 4) is 0 Å². The van der Waals surface area contributed by atoms with Crippen LogP contribution in [0.4, 0.5) is 4.39 Å². The number of aliphatic hydroxyl groups is 1. The number of hydrogen-bond acceptors (Lipinski definition) is 4. The molecule has 1 aromatic carbocycles. The summed E-state index contributed by atoms with van der Waals surface area (Å²) >= 11 is 1.02. The van der Waals surface area contributed by atoms with Gasteiger partial charge < -0.3 is 15.1 Å². The van der Waals surface area contributed by atoms with Crippen LogP contribution in [0.25, 0.3) is 0 Å². The Hall–Kier alpha value is -1.60. The van der Waals surface area contributed by atoms with Gasteiger partial charge in [-0.15, -0.1) is 11.8 Å². The molecule has 0 bridgehead atoms. The number of hydrogen-bond donors (Lipinski definition) is 2. The molecule has 0 saturated carbocycles. The third kappa shape index (κ3) is 3.29. The molecule has 7 heteroatoms. The Kier molecular flexibility index (Phi) is 4.61. The second kappa shape index (κ2) is 6.23. The topological polar surface area (TPSA) is 77.8 Å². The Morgan fingerprint density at radius 1 is 1.40 bits per heavy atom. The first-order chi connectivity index (χ1) is 9.49. The van der Waals surface area contributed by atoms with E-state index in [0.29, 0.717) is 4.90 Å². The number of carboxylic acids is 1. The number of β-amino-alcohol motifs (C(OH)–C–C–N with tert-alkyl or cyclic N) is 1. The van der Waals surface area contributed by atoms with Crippen molar-refractivity contribution in [3.05, 3.63) is 30.1 Å². The lowest BCUT2D eigenvalue weighted by molar-refractivity contribution is -0.147. The fourth-order valence-electron chi connectivity index (χ4n) is 2.11. The molecule has 0 aromatic heterocycles. The van der Waals surface area contributed by atoms with Gasteiger partial charge in [0.2, 0.25) is 5.91 Å². The zero-order chi connectivity index (χ0) is 14.7. The van der Waals surface area contributed by atoms with Crippen molar-refractivity contribution >= 4 is 23.6 Å². The van der Waals surface area contributed by atoms with Crippen LogP contribution in [-0.2, 0) is 9.59 Å². The van der Waals surface area contributed by atoms with E-state index in [0.717, 1.165) is 16.7 Å². The number of carbonyl (C=O) groups is 2. The largest absolute Gasteiger partial charge is 0.480 e. The molecule has 108 valence electrons. The molecular formula is C13H14FNO4S. The molecule has 1 amide bonds. The number of aliphatic carboxylic acids is 1. The summed E-state index contributed by atoms with van der Waals surface area (Å²) in [7, 11) is 0. The third-order valence-electron chi connectivity index (χ3n) is 3.07. The monoisotopic (exact) mass is 299 g/mol. The van der Waals surface area contributed by atoms with E-state index in [1.165, 1.54) is 6.07 Å². The minimum atomic E-state index is -1.13. The highest BCUT2D eigenvalue weighted by Crippen LogP contribution is 2.24. The van der Waals surface area contributed by atoms with E-state index in [1.54, 1.807) is 18.2 Å². The molecule has 2 atom stereocenters. The second-order valence-electron chi connectivity index (χ2n) is 4.51. The molecule has 2 N–H and O–H groups in total. The van der Waals surface area contributed by atoms with E-state index in [4.69, 9.17) is 5.11 Å². The van der Waals surface area contributed by atoms with Crippen LogP contribution in [0.15, 0.2) is 29.2 Å². The quantitative estimate of drug-likeness (QED) is 0.810. The van der Waals surface area contributed by atoms with Gasteiger partial charge >= 0.3 is 5.97 Å². The predicted octanol–water partition coefficient (Wildman–Crippen LogP) is 0.964. The third-order valence-corrected chi connectivity index (χ3v) is 4.11. The fourth-order valence-corrected chi connectivity index (χ4v) is 2.93. The first-order valence-electron chi connectivity index (χ1n) is 6.06. The summed E-state index contributed by atoms with van der Waals surface area (Å²) in [6, 6.07) is 5.07. The highest BCUT2D eigenvalue weighted by Gasteiger charge is 2.38. The van der Waals surface area contributed by atoms with Crippen LogP contribution in [0.3, 0.4) is 0 Å². The van der Waals surface area contributed by atoms with Gasteiger partial charge in [0.25, 0.3) is 0 Å². The Morgan fingerprint density at radius 3 is 2.75 bits per heavy atom. The zero-order valence-electron chi connectivity index (χ0n) is 10.5. The molecule has 1 saturated heterocycles. The van der Waals surface area contributed by atoms with Crippen molar-refractivity contribution in [2.24, 2.45) is 0 Å². The molecule has 0 aliphatic carbocycles. The van der Waals surface area contributed by atoms with Gasteiger partial charge in [-0.2, -0.15) is 0 Å². The fraction of sp³-hybridized carbons (Fsp3) is 0.385. The van der Waals surface area contributed by atoms with Gasteiger partial charge in [-0.3, -0.25) is 4.79 Å². The highest BCUT2D eigenvalue weighted by molar-refractivity contribution is 8.00. The van der Waals surface area contributed by atoms with E-state index < -0.39 is 29.8 Å². The van der Waals surface area contributed by atoms with Crippen molar-refractivity contribution in [2.45, 2.75) is 23.5 Å². The average molecular weight is 299 g/mol. The molecule has 1 aromatic rings. The lowest BCUT2D eigenvalue weighted by Crippen LogP contribution is -2.41. The van der Waals surface area contributed by atoms with Crippen molar-refractivity contribution in [2.75, 3.05) is 12.3 Å². The number of carboxylic acid groups (broad SMARTS) is 1. The number of likely N-dealkylation sites (tertiary alicyclic amines) is 1. The molecule has 1 fully saturated rings. The van der Waals surface area contributed by atoms with Crippen molar-refractivity contribution in [1.82, 2.24) is 4.90 Å². The molecular weight excluding hydrogens is 285 g/mol. The van der Waals surface area contributed by atoms with Crippen LogP contribution < -0.4 is 0 Å². The normalized spacial score (nSPS) is 22.0. The number of nitrogens with zero attached hydrogens (tertiary/aromatic N) is 1. The number of aliphatic hydroxyl groups excluding tert-OH is 1. The summed E-state index contributed by atoms with van der Waals surface area (Å²) in [6.07, 6.45) is -0.788. The Labute approximate surface area is 119 Å². The van der Waals surface area contributed by atoms with Crippen molar-refractivity contribution < 1.29 is 24.2 Å². The minimum absolute atomic E-state index is 0.00757. The Morgan fingerprint density at radius 2 is 2.10 bits per heavy atom. The van der Waals surface area contributed by atoms with Gasteiger partial charge in [-0.1, -0.05) is 12.1 Å². The first kappa shape index (κ1) is 14.8. The summed E-state index contributed by atoms with van der Waals surface area (Å²) in [4.78, 5) is 24.5. The summed E-state index contributed by atoms with van der Waals surface area (Å²) < 4.78 is 13.4. The van der Waals surface area contributed by atoms with Gasteiger partial charge in [0.05, 0.1) is 11.9 Å². The highest BCUT2D eigenvalue weighted by atomic mass is 32.2. The second-order valence-corrected chi connectivity index (χ2v) is 5.53. The number of rotatable bonds is 4. The van der Waals surface area contributed by atoms with Crippen LogP contribution in [0.2, 0.25) is 0 Å². The lowest BCUT2D eigenvalue weighted by Gasteiger charge is -2.20. The van der Waals surface area contributed by atoms with Gasteiger partial charge in [-0.05, 0) is 12.1 Å². The van der Waals surface area contributed by atoms with E-state index in [1.807, 2.05) is 0 Å². The summed E-state index contributed by atoms with van der Waals surface area (Å²) in [5.74, 6) is -2.02. The van der Waals surface area contributed by atoms with Crippen LogP contribution in [-0.4, -0.2) is 51.4 Å². The smallest absolute Gasteiger partial charge is 0.326 e. The Balaban J connectivity index is 1.98. The van der Waals surface area contributed by atoms with Gasteiger partial charge in [0.15, 0.2) is 0 Å². The van der Waals surface area contributed by atoms with Crippen LogP contribution in [0.5, 0.6) is 0 Å². The average Bonchev–Trinajstić information content (AvgIpc) is 2.80. The standard InChI is InChI=1S/C13H14FNO4S/c14-9-3-1-2-4-11(9)20-7-12(17)15-6-8(16)5-10(15)13(18)19/h1-4,8,10,16H,5-7H2,(H,18,19). The molecule has 2 unspecified atom stereocenters. The van der Waals surface area contributed by atoms with Crippen molar-refractivity contribution in [1.29, 1.82) is 0 Å². The Bertz CT molecular complexity index is 525. The summed E-state index contributed by atoms with van der Waals surface area (Å²) in [5, 5.41) is 18.5. The molecule has 20 heavy (non-hydrogen) atoms. The number of benzene rings is 1. The number of carbonyl (C=O) groups excluding carboxylic acids is 1. The van der Waals surface area contributed by atoms with Crippen LogP contribution >= 0.6 is 11.8 Å². The molecule has 0 spiro atoms. The number of thioether (sulfide) groups is 1. The maximum Gasteiger partial charge on any atom is 0.326 e. The maximum absolute atomic E-state index is 13.4. The molecule has 1 aliphatic heterocycles. The van der Waals surface area contributed by atoms with Crippen LogP contribution in [0.1, 0.15) is 6.42 Å². The van der Waals surface area contributed by atoms with Gasteiger partial charge in [-0.25, -0.2) is 9.18 Å². The molecule has 5 nitrogen and oxygen atoms in total. The molecule has 1 aliphatic rings. The lowest BCUT2D eigenvalue weighted by atomic mass is 10.2. The van der Waals surface area contributed by atoms with Crippen molar-refractivity contribution in [3.63, 3.8) is 0 Å². The molecule has 0 radical (unpaired) electrons. The SMILES string of the molecule is O=C(O)C1CC(O)CN1C(=O)CSc1ccccc1F. The minimum Gasteiger partial charge on any atom is -0.480 e. The predicted molar refractivity (Wildman–Crippen MR) is 70.9 cm³/mol. The zero-order valence-corrected chi connectivity index (χ0v) is 11.3. The summed E-state index contributed by atoms with van der Waals surface area (Å²) in [6.45, 7) is 0.00757. The van der Waals surface area contributed by atoms with E-state index in [-0.39, 0.29) is 18.7 Å². The van der Waals surface area contributed by atoms with E-state index in [2.05, 4.69) is 0 Å². The number of amides is 1. The van der Waals surface area contributed by atoms with Gasteiger partial charge in [0.1, 0.15) is 11.9 Å². The maximum atomic E-state index is 13.4. The first-order valence-corrected chi connectivity index (χ1v) is 7.05. The van der Waals surface area contributed by atoms with E-state index in [9.17, 15) is 19.1 Å². The van der Waals surface area contributed by atoms with Crippen LogP contribution in [0, 0.1) is 5.82 Å². The van der Waals surface area contributed by atoms with E-state index >= 15 is 0 Å². The molecule has 1 heterocycles. The molecule has 2 rings (SSSR count). The summed E-state index contributed by atoms with van der Waals surface area (Å²) in [5.41, 5.74) is 0. The van der Waals surface area contributed by atoms with Gasteiger partial charge in [0, 0.05) is 17.9 Å². The number of halogens is 1.